The van der Waals surface area contributed by atoms with Gasteiger partial charge in [-0.2, -0.15) is 0 Å². The van der Waals surface area contributed by atoms with E-state index in [0.29, 0.717) is 5.69 Å². The van der Waals surface area contributed by atoms with Crippen LogP contribution in [0.2, 0.25) is 0 Å². The highest BCUT2D eigenvalue weighted by Gasteiger charge is 2.08. The topological polar surface area (TPSA) is 55.1 Å². The minimum absolute atomic E-state index is 0.0290. The molecule has 0 saturated carbocycles. The second-order valence-corrected chi connectivity index (χ2v) is 3.05. The highest BCUT2D eigenvalue weighted by Crippen LogP contribution is 2.18. The molecular formula is C10H14N2O. The predicted octanol–water partition coefficient (Wildman–Crippen LogP) is 1.47. The van der Waals surface area contributed by atoms with Crippen molar-refractivity contribution in [3.8, 4) is 0 Å². The van der Waals surface area contributed by atoms with Crippen molar-refractivity contribution < 1.29 is 4.79 Å². The van der Waals surface area contributed by atoms with Crippen LogP contribution in [0.5, 0.6) is 0 Å². The highest BCUT2D eigenvalue weighted by molar-refractivity contribution is 5.73. The maximum absolute atomic E-state index is 10.8. The van der Waals surface area contributed by atoms with Gasteiger partial charge in [-0.25, -0.2) is 0 Å². The van der Waals surface area contributed by atoms with Crippen LogP contribution in [0.15, 0.2) is 24.3 Å². The van der Waals surface area contributed by atoms with Gasteiger partial charge in [0.15, 0.2) is 0 Å². The van der Waals surface area contributed by atoms with Crippen molar-refractivity contribution in [1.82, 2.24) is 5.32 Å². The van der Waals surface area contributed by atoms with Crippen molar-refractivity contribution >= 4 is 11.6 Å². The predicted molar refractivity (Wildman–Crippen MR) is 53.1 cm³/mol. The summed E-state index contributed by atoms with van der Waals surface area (Å²) in [5.41, 5.74) is 7.41. The first-order valence-electron chi connectivity index (χ1n) is 4.22. The van der Waals surface area contributed by atoms with Gasteiger partial charge in [-0.05, 0) is 18.6 Å². The number of hydrogen-bond acceptors (Lipinski definition) is 2. The molecule has 1 aromatic rings. The fourth-order valence-corrected chi connectivity index (χ4v) is 1.29. The first-order chi connectivity index (χ1) is 6.11. The first-order valence-corrected chi connectivity index (χ1v) is 4.22. The van der Waals surface area contributed by atoms with E-state index in [9.17, 15) is 4.79 Å². The number of para-hydroxylation sites is 1. The summed E-state index contributed by atoms with van der Waals surface area (Å²) in [6.45, 7) is 3.41. The van der Waals surface area contributed by atoms with Gasteiger partial charge in [-0.3, -0.25) is 4.79 Å². The number of carbonyl (C=O) groups is 1. The molecule has 3 nitrogen and oxygen atoms in total. The van der Waals surface area contributed by atoms with Crippen LogP contribution in [0.3, 0.4) is 0 Å². The van der Waals surface area contributed by atoms with Crippen LogP contribution < -0.4 is 11.1 Å². The maximum Gasteiger partial charge on any atom is 0.217 e. The number of carbonyl (C=O) groups excluding carboxylic acids is 1. The molecule has 1 aromatic carbocycles. The Kier molecular flexibility index (Phi) is 2.90. The molecule has 1 unspecified atom stereocenters. The Hall–Kier alpha value is -1.51. The van der Waals surface area contributed by atoms with Crippen molar-refractivity contribution in [2.75, 3.05) is 5.73 Å². The molecule has 0 aromatic heterocycles. The third-order valence-corrected chi connectivity index (χ3v) is 1.88. The van der Waals surface area contributed by atoms with E-state index >= 15 is 0 Å². The van der Waals surface area contributed by atoms with Crippen molar-refractivity contribution in [3.05, 3.63) is 29.8 Å². The minimum atomic E-state index is -0.0456. The van der Waals surface area contributed by atoms with E-state index in [1.165, 1.54) is 6.92 Å². The SMILES string of the molecule is CC(=O)NC(C)c1ccccc1N. The number of rotatable bonds is 2. The number of anilines is 1. The number of nitrogens with two attached hydrogens (primary N) is 1. The summed E-state index contributed by atoms with van der Waals surface area (Å²) in [5, 5.41) is 2.78. The maximum atomic E-state index is 10.8. The lowest BCUT2D eigenvalue weighted by Crippen LogP contribution is -2.24. The van der Waals surface area contributed by atoms with E-state index in [1.807, 2.05) is 31.2 Å². The molecule has 0 saturated heterocycles. The van der Waals surface area contributed by atoms with Crippen molar-refractivity contribution in [3.63, 3.8) is 0 Å². The first kappa shape index (κ1) is 9.58. The van der Waals surface area contributed by atoms with Gasteiger partial charge in [-0.1, -0.05) is 18.2 Å². The second-order valence-electron chi connectivity index (χ2n) is 3.05. The van der Waals surface area contributed by atoms with Gasteiger partial charge in [0.25, 0.3) is 0 Å². The Morgan fingerprint density at radius 1 is 1.46 bits per heavy atom. The monoisotopic (exact) mass is 178 g/mol. The Bertz CT molecular complexity index is 310. The molecule has 13 heavy (non-hydrogen) atoms. The quantitative estimate of drug-likeness (QED) is 0.674. The average Bonchev–Trinajstić information content (AvgIpc) is 2.03. The van der Waals surface area contributed by atoms with E-state index in [2.05, 4.69) is 5.32 Å². The summed E-state index contributed by atoms with van der Waals surface area (Å²) in [6.07, 6.45) is 0. The Labute approximate surface area is 77.9 Å². The molecule has 0 aliphatic carbocycles. The van der Waals surface area contributed by atoms with Gasteiger partial charge in [0, 0.05) is 12.6 Å². The number of nitrogen functional groups attached to an aromatic ring is 1. The Morgan fingerprint density at radius 2 is 2.08 bits per heavy atom. The molecule has 0 aliphatic rings. The molecule has 1 atom stereocenters. The average molecular weight is 178 g/mol. The molecule has 0 spiro atoms. The van der Waals surface area contributed by atoms with Crippen LogP contribution in [0.4, 0.5) is 5.69 Å². The van der Waals surface area contributed by atoms with Crippen LogP contribution in [0.1, 0.15) is 25.5 Å². The van der Waals surface area contributed by atoms with Crippen LogP contribution >= 0.6 is 0 Å². The van der Waals surface area contributed by atoms with E-state index in [4.69, 9.17) is 5.73 Å². The van der Waals surface area contributed by atoms with E-state index in [1.54, 1.807) is 0 Å². The number of hydrogen-bond donors (Lipinski definition) is 2. The van der Waals surface area contributed by atoms with E-state index < -0.39 is 0 Å². The number of benzene rings is 1. The van der Waals surface area contributed by atoms with Gasteiger partial charge >= 0.3 is 0 Å². The standard InChI is InChI=1S/C10H14N2O/c1-7(12-8(2)13)9-5-3-4-6-10(9)11/h3-7H,11H2,1-2H3,(H,12,13). The molecule has 0 bridgehead atoms. The summed E-state index contributed by atoms with van der Waals surface area (Å²) in [4.78, 5) is 10.8. The van der Waals surface area contributed by atoms with Crippen molar-refractivity contribution in [2.45, 2.75) is 19.9 Å². The van der Waals surface area contributed by atoms with E-state index in [-0.39, 0.29) is 11.9 Å². The largest absolute Gasteiger partial charge is 0.398 e. The second kappa shape index (κ2) is 3.94. The molecule has 0 fully saturated rings. The zero-order valence-electron chi connectivity index (χ0n) is 7.87. The van der Waals surface area contributed by atoms with Gasteiger partial charge in [0.05, 0.1) is 6.04 Å². The summed E-state index contributed by atoms with van der Waals surface area (Å²) in [6, 6.07) is 7.49. The third kappa shape index (κ3) is 2.47. The molecule has 1 amide bonds. The van der Waals surface area contributed by atoms with Crippen LogP contribution in [-0.4, -0.2) is 5.91 Å². The zero-order valence-corrected chi connectivity index (χ0v) is 7.87. The van der Waals surface area contributed by atoms with E-state index in [0.717, 1.165) is 5.56 Å². The molecule has 1 rings (SSSR count). The fraction of sp³-hybridized carbons (Fsp3) is 0.300. The Morgan fingerprint density at radius 3 is 2.62 bits per heavy atom. The van der Waals surface area contributed by atoms with Crippen molar-refractivity contribution in [1.29, 1.82) is 0 Å². The molecule has 3 heteroatoms. The molecular weight excluding hydrogens is 164 g/mol. The van der Waals surface area contributed by atoms with Crippen LogP contribution in [0.25, 0.3) is 0 Å². The third-order valence-electron chi connectivity index (χ3n) is 1.88. The number of amides is 1. The molecule has 0 radical (unpaired) electrons. The Balaban J connectivity index is 2.82. The van der Waals surface area contributed by atoms with Crippen LogP contribution in [-0.2, 0) is 4.79 Å². The summed E-state index contributed by atoms with van der Waals surface area (Å²) < 4.78 is 0. The van der Waals surface area contributed by atoms with Crippen LogP contribution in [0, 0.1) is 0 Å². The molecule has 3 N–H and O–H groups in total. The minimum Gasteiger partial charge on any atom is -0.398 e. The highest BCUT2D eigenvalue weighted by atomic mass is 16.1. The van der Waals surface area contributed by atoms with Gasteiger partial charge in [0.1, 0.15) is 0 Å². The lowest BCUT2D eigenvalue weighted by molar-refractivity contribution is -0.119. The lowest BCUT2D eigenvalue weighted by atomic mass is 10.1. The van der Waals surface area contributed by atoms with Crippen molar-refractivity contribution in [2.24, 2.45) is 0 Å². The van der Waals surface area contributed by atoms with Gasteiger partial charge < -0.3 is 11.1 Å². The smallest absolute Gasteiger partial charge is 0.217 e. The normalized spacial score (nSPS) is 12.2. The summed E-state index contributed by atoms with van der Waals surface area (Å²) >= 11 is 0. The zero-order chi connectivity index (χ0) is 9.84. The van der Waals surface area contributed by atoms with Gasteiger partial charge in [-0.15, -0.1) is 0 Å². The molecule has 0 heterocycles. The lowest BCUT2D eigenvalue weighted by Gasteiger charge is -2.14. The summed E-state index contributed by atoms with van der Waals surface area (Å²) in [7, 11) is 0. The molecule has 70 valence electrons. The van der Waals surface area contributed by atoms with Gasteiger partial charge in [0.2, 0.25) is 5.91 Å². The number of nitrogens with one attached hydrogen (secondary N) is 1. The molecule has 0 aliphatic heterocycles. The fourth-order valence-electron chi connectivity index (χ4n) is 1.29. The summed E-state index contributed by atoms with van der Waals surface area (Å²) in [5.74, 6) is -0.0456.